The predicted molar refractivity (Wildman–Crippen MR) is 61.1 cm³/mol. The first-order valence-electron chi connectivity index (χ1n) is 4.80. The van der Waals surface area contributed by atoms with E-state index in [4.69, 9.17) is 5.11 Å². The smallest absolute Gasteiger partial charge is 0.339 e. The van der Waals surface area contributed by atoms with Crippen molar-refractivity contribution in [2.24, 2.45) is 7.05 Å². The molecule has 2 aromatic heterocycles. The number of aromatic carboxylic acids is 1. The summed E-state index contributed by atoms with van der Waals surface area (Å²) in [6.07, 6.45) is 4.82. The van der Waals surface area contributed by atoms with Crippen LogP contribution in [0.1, 0.15) is 16.1 Å². The Bertz CT molecular complexity index is 567. The Balaban J connectivity index is 2.27. The maximum Gasteiger partial charge on any atom is 0.339 e. The van der Waals surface area contributed by atoms with Gasteiger partial charge < -0.3 is 9.67 Å². The molecule has 0 saturated heterocycles. The largest absolute Gasteiger partial charge is 0.478 e. The highest BCUT2D eigenvalue weighted by atomic mass is 32.2. The Hall–Kier alpha value is -1.89. The topological polar surface area (TPSA) is 80.9 Å². The molecule has 0 bridgehead atoms. The Labute approximate surface area is 102 Å². The van der Waals surface area contributed by atoms with Crippen molar-refractivity contribution in [3.8, 4) is 0 Å². The van der Waals surface area contributed by atoms with E-state index in [1.165, 1.54) is 18.0 Å². The van der Waals surface area contributed by atoms with E-state index in [-0.39, 0.29) is 5.56 Å². The zero-order valence-electron chi connectivity index (χ0n) is 9.28. The Morgan fingerprint density at radius 3 is 2.76 bits per heavy atom. The van der Waals surface area contributed by atoms with Gasteiger partial charge in [0, 0.05) is 25.6 Å². The Morgan fingerprint density at radius 2 is 2.24 bits per heavy atom. The van der Waals surface area contributed by atoms with Crippen molar-refractivity contribution in [1.29, 1.82) is 0 Å². The predicted octanol–water partition coefficient (Wildman–Crippen LogP) is 1.37. The molecule has 0 aliphatic heterocycles. The Kier molecular flexibility index (Phi) is 3.10. The lowest BCUT2D eigenvalue weighted by atomic mass is 10.2. The van der Waals surface area contributed by atoms with Crippen LogP contribution in [0.5, 0.6) is 0 Å². The minimum atomic E-state index is -1.02. The molecular weight excluding hydrogens is 240 g/mol. The van der Waals surface area contributed by atoms with E-state index in [2.05, 4.69) is 15.0 Å². The molecule has 0 radical (unpaired) electrons. The van der Waals surface area contributed by atoms with Gasteiger partial charge in [-0.1, -0.05) is 0 Å². The highest BCUT2D eigenvalue weighted by Gasteiger charge is 2.11. The van der Waals surface area contributed by atoms with E-state index in [1.54, 1.807) is 13.1 Å². The van der Waals surface area contributed by atoms with E-state index >= 15 is 0 Å². The van der Waals surface area contributed by atoms with Crippen LogP contribution in [0, 0.1) is 6.92 Å². The van der Waals surface area contributed by atoms with Crippen molar-refractivity contribution in [2.45, 2.75) is 17.2 Å². The zero-order valence-corrected chi connectivity index (χ0v) is 10.1. The lowest BCUT2D eigenvalue weighted by molar-refractivity contribution is 0.0695. The molecule has 0 aliphatic rings. The molecule has 2 rings (SSSR count). The fraction of sp³-hybridized carbons (Fsp3) is 0.200. The van der Waals surface area contributed by atoms with Crippen LogP contribution >= 0.6 is 11.8 Å². The highest BCUT2D eigenvalue weighted by molar-refractivity contribution is 7.99. The maximum absolute atomic E-state index is 10.8. The molecule has 17 heavy (non-hydrogen) atoms. The maximum atomic E-state index is 10.8. The molecule has 7 heteroatoms. The number of nitrogens with zero attached hydrogens (tertiary/aromatic N) is 4. The van der Waals surface area contributed by atoms with E-state index in [0.29, 0.717) is 10.9 Å². The second-order valence-corrected chi connectivity index (χ2v) is 4.31. The summed E-state index contributed by atoms with van der Waals surface area (Å²) in [7, 11) is 1.87. The van der Waals surface area contributed by atoms with Gasteiger partial charge in [0.25, 0.3) is 0 Å². The molecular formula is C10H10N4O2S. The summed E-state index contributed by atoms with van der Waals surface area (Å²) in [5, 5.41) is 10.1. The number of hydrogen-bond acceptors (Lipinski definition) is 5. The van der Waals surface area contributed by atoms with E-state index in [0.717, 1.165) is 5.16 Å². The van der Waals surface area contributed by atoms with E-state index < -0.39 is 5.97 Å². The van der Waals surface area contributed by atoms with Crippen LogP contribution in [0.25, 0.3) is 0 Å². The van der Waals surface area contributed by atoms with Crippen molar-refractivity contribution >= 4 is 17.7 Å². The first-order chi connectivity index (χ1) is 8.08. The van der Waals surface area contributed by atoms with Gasteiger partial charge in [-0.3, -0.25) is 0 Å². The molecule has 0 aromatic carbocycles. The number of carboxylic acids is 1. The molecule has 2 aromatic rings. The summed E-state index contributed by atoms with van der Waals surface area (Å²) >= 11 is 1.29. The minimum Gasteiger partial charge on any atom is -0.478 e. The molecule has 2 heterocycles. The number of rotatable bonds is 3. The molecule has 88 valence electrons. The van der Waals surface area contributed by atoms with Crippen LogP contribution in [-0.4, -0.2) is 30.6 Å². The third-order valence-corrected chi connectivity index (χ3v) is 3.10. The molecule has 0 unspecified atom stereocenters. The highest BCUT2D eigenvalue weighted by Crippen LogP contribution is 2.22. The first-order valence-corrected chi connectivity index (χ1v) is 5.61. The molecule has 0 fully saturated rings. The van der Waals surface area contributed by atoms with Gasteiger partial charge in [0.05, 0.1) is 11.3 Å². The fourth-order valence-corrected chi connectivity index (χ4v) is 2.01. The van der Waals surface area contributed by atoms with Crippen LogP contribution in [0.15, 0.2) is 28.9 Å². The average Bonchev–Trinajstić information content (AvgIpc) is 2.64. The molecule has 1 N–H and O–H groups in total. The lowest BCUT2D eigenvalue weighted by Gasteiger charge is -2.03. The van der Waals surface area contributed by atoms with Gasteiger partial charge in [-0.15, -0.1) is 0 Å². The number of carbonyl (C=O) groups is 1. The number of imidazole rings is 1. The van der Waals surface area contributed by atoms with Gasteiger partial charge in [-0.2, -0.15) is 0 Å². The first kappa shape index (κ1) is 11.6. The van der Waals surface area contributed by atoms with Crippen LogP contribution in [0.2, 0.25) is 0 Å². The van der Waals surface area contributed by atoms with Crippen molar-refractivity contribution in [1.82, 2.24) is 19.5 Å². The second kappa shape index (κ2) is 4.54. The normalized spacial score (nSPS) is 10.5. The molecule has 6 nitrogen and oxygen atoms in total. The number of aryl methyl sites for hydroxylation is 2. The lowest BCUT2D eigenvalue weighted by Crippen LogP contribution is -2.04. The van der Waals surface area contributed by atoms with Crippen LogP contribution in [0.4, 0.5) is 0 Å². The summed E-state index contributed by atoms with van der Waals surface area (Å²) in [5.41, 5.74) is 0.568. The number of carboxylic acid groups (broad SMARTS) is 1. The van der Waals surface area contributed by atoms with E-state index in [9.17, 15) is 4.79 Å². The summed E-state index contributed by atoms with van der Waals surface area (Å²) in [6, 6.07) is 0. The summed E-state index contributed by atoms with van der Waals surface area (Å²) in [5.74, 6) is -1.02. The van der Waals surface area contributed by atoms with Crippen molar-refractivity contribution < 1.29 is 9.90 Å². The average molecular weight is 250 g/mol. The summed E-state index contributed by atoms with van der Waals surface area (Å²) < 4.78 is 1.84. The van der Waals surface area contributed by atoms with Crippen molar-refractivity contribution in [3.63, 3.8) is 0 Å². The van der Waals surface area contributed by atoms with Gasteiger partial charge in [-0.25, -0.2) is 19.7 Å². The van der Waals surface area contributed by atoms with Crippen molar-refractivity contribution in [3.05, 3.63) is 29.8 Å². The number of hydrogen-bond donors (Lipinski definition) is 1. The number of aromatic nitrogens is 4. The standard InChI is InChI=1S/C10H10N4O2S/c1-6-7(8(15)16)5-12-9(13-6)17-10-11-3-4-14(10)2/h3-5H,1-2H3,(H,15,16). The zero-order chi connectivity index (χ0) is 12.4. The van der Waals surface area contributed by atoms with Crippen LogP contribution < -0.4 is 0 Å². The summed E-state index contributed by atoms with van der Waals surface area (Å²) in [6.45, 7) is 1.65. The monoisotopic (exact) mass is 250 g/mol. The van der Waals surface area contributed by atoms with E-state index in [1.807, 2.05) is 17.8 Å². The minimum absolute atomic E-state index is 0.120. The SMILES string of the molecule is Cc1nc(Sc2nccn2C)ncc1C(=O)O. The quantitative estimate of drug-likeness (QED) is 0.828. The second-order valence-electron chi connectivity index (χ2n) is 3.38. The Morgan fingerprint density at radius 1 is 1.47 bits per heavy atom. The van der Waals surface area contributed by atoms with Gasteiger partial charge in [0.2, 0.25) is 0 Å². The summed E-state index contributed by atoms with van der Waals surface area (Å²) in [4.78, 5) is 23.1. The van der Waals surface area contributed by atoms with Crippen molar-refractivity contribution in [2.75, 3.05) is 0 Å². The fourth-order valence-electron chi connectivity index (χ4n) is 1.24. The van der Waals surface area contributed by atoms with Gasteiger partial charge >= 0.3 is 5.97 Å². The van der Waals surface area contributed by atoms with Crippen LogP contribution in [-0.2, 0) is 7.05 Å². The molecule has 0 spiro atoms. The van der Waals surface area contributed by atoms with Gasteiger partial charge in [-0.05, 0) is 18.7 Å². The third-order valence-electron chi connectivity index (χ3n) is 2.15. The van der Waals surface area contributed by atoms with Gasteiger partial charge in [0.1, 0.15) is 0 Å². The molecule has 0 amide bonds. The molecule has 0 aliphatic carbocycles. The third kappa shape index (κ3) is 2.44. The molecule has 0 atom stereocenters. The van der Waals surface area contributed by atoms with Crippen LogP contribution in [0.3, 0.4) is 0 Å². The van der Waals surface area contributed by atoms with Gasteiger partial charge in [0.15, 0.2) is 10.3 Å². The molecule has 0 saturated carbocycles.